The van der Waals surface area contributed by atoms with Gasteiger partial charge in [-0.15, -0.1) is 0 Å². The van der Waals surface area contributed by atoms with E-state index >= 15 is 0 Å². The molecule has 182 valence electrons. The topological polar surface area (TPSA) is 173 Å². The van der Waals surface area contributed by atoms with Crippen LogP contribution in [0.5, 0.6) is 17.4 Å². The third kappa shape index (κ3) is 4.99. The number of nitrogens with zero attached hydrogens (tertiary/aromatic N) is 4. The zero-order valence-electron chi connectivity index (χ0n) is 18.1. The van der Waals surface area contributed by atoms with Crippen LogP contribution in [0.3, 0.4) is 0 Å². The van der Waals surface area contributed by atoms with E-state index in [1.165, 1.54) is 48.5 Å². The molecular weight excluding hydrogens is 480 g/mol. The number of carbonyl (C=O) groups is 1. The molecular formula is C22H20N4O8S. The van der Waals surface area contributed by atoms with Crippen molar-refractivity contribution < 1.29 is 33.1 Å². The van der Waals surface area contributed by atoms with Crippen LogP contribution in [0.4, 0.5) is 11.5 Å². The fourth-order valence-corrected chi connectivity index (χ4v) is 4.98. The van der Waals surface area contributed by atoms with Gasteiger partial charge in [-0.05, 0) is 61.4 Å². The first kappa shape index (κ1) is 23.9. The van der Waals surface area contributed by atoms with Gasteiger partial charge in [-0.1, -0.05) is 0 Å². The van der Waals surface area contributed by atoms with Crippen LogP contribution in [0.1, 0.15) is 12.8 Å². The molecule has 35 heavy (non-hydrogen) atoms. The second-order valence-electron chi connectivity index (χ2n) is 7.78. The number of nitro groups is 1. The molecule has 1 fully saturated rings. The molecule has 12 nitrogen and oxygen atoms in total. The molecule has 0 saturated carbocycles. The predicted molar refractivity (Wildman–Crippen MR) is 121 cm³/mol. The third-order valence-electron chi connectivity index (χ3n) is 5.59. The highest BCUT2D eigenvalue weighted by Crippen LogP contribution is 2.37. The molecule has 0 aliphatic carbocycles. The SMILES string of the molecule is O=C(O)C1CCN(c2ncnc(Oc3ccc(S(=O)(=O)c4ccc(O)cc4)cc3)c2[N+](=O)[O-])CC1. The molecule has 2 aromatic carbocycles. The number of aliphatic carboxylic acids is 1. The summed E-state index contributed by atoms with van der Waals surface area (Å²) < 4.78 is 31.1. The molecule has 0 radical (unpaired) electrons. The number of carboxylic acid groups (broad SMARTS) is 1. The number of hydrogen-bond donors (Lipinski definition) is 2. The second kappa shape index (κ2) is 9.54. The molecule has 0 atom stereocenters. The van der Waals surface area contributed by atoms with Crippen LogP contribution >= 0.6 is 0 Å². The molecule has 2 heterocycles. The minimum Gasteiger partial charge on any atom is -0.508 e. The molecule has 0 spiro atoms. The molecule has 4 rings (SSSR count). The highest BCUT2D eigenvalue weighted by Gasteiger charge is 2.32. The smallest absolute Gasteiger partial charge is 0.373 e. The Balaban J connectivity index is 1.57. The molecule has 1 aliphatic heterocycles. The first-order valence-electron chi connectivity index (χ1n) is 10.5. The number of rotatable bonds is 7. The monoisotopic (exact) mass is 500 g/mol. The number of piperidine rings is 1. The molecule has 2 N–H and O–H groups in total. The van der Waals surface area contributed by atoms with E-state index in [0.717, 1.165) is 6.33 Å². The number of anilines is 1. The van der Waals surface area contributed by atoms with Crippen molar-refractivity contribution in [3.63, 3.8) is 0 Å². The van der Waals surface area contributed by atoms with Gasteiger partial charge in [-0.2, -0.15) is 4.98 Å². The fourth-order valence-electron chi connectivity index (χ4n) is 3.72. The van der Waals surface area contributed by atoms with Crippen LogP contribution in [0.2, 0.25) is 0 Å². The number of ether oxygens (including phenoxy) is 1. The van der Waals surface area contributed by atoms with E-state index in [9.17, 15) is 33.5 Å². The van der Waals surface area contributed by atoms with E-state index in [0.29, 0.717) is 12.8 Å². The van der Waals surface area contributed by atoms with Crippen molar-refractivity contribution >= 4 is 27.3 Å². The normalized spacial score (nSPS) is 14.5. The Morgan fingerprint density at radius 1 is 1.03 bits per heavy atom. The van der Waals surface area contributed by atoms with E-state index in [2.05, 4.69) is 9.97 Å². The maximum absolute atomic E-state index is 12.8. The van der Waals surface area contributed by atoms with E-state index in [1.54, 1.807) is 4.90 Å². The fraction of sp³-hybridized carbons (Fsp3) is 0.227. The summed E-state index contributed by atoms with van der Waals surface area (Å²) >= 11 is 0. The van der Waals surface area contributed by atoms with Crippen molar-refractivity contribution in [3.05, 3.63) is 65.0 Å². The van der Waals surface area contributed by atoms with Crippen LogP contribution in [-0.2, 0) is 14.6 Å². The lowest BCUT2D eigenvalue weighted by Crippen LogP contribution is -2.37. The van der Waals surface area contributed by atoms with Gasteiger partial charge in [0.05, 0.1) is 20.6 Å². The van der Waals surface area contributed by atoms with E-state index in [1.807, 2.05) is 0 Å². The zero-order valence-corrected chi connectivity index (χ0v) is 19.0. The number of phenols is 1. The second-order valence-corrected chi connectivity index (χ2v) is 9.73. The number of hydrogen-bond acceptors (Lipinski definition) is 10. The molecule has 13 heteroatoms. The minimum atomic E-state index is -3.85. The van der Waals surface area contributed by atoms with E-state index in [4.69, 9.17) is 4.74 Å². The number of aromatic nitrogens is 2. The summed E-state index contributed by atoms with van der Waals surface area (Å²) in [7, 11) is -3.85. The maximum atomic E-state index is 12.8. The molecule has 1 saturated heterocycles. The van der Waals surface area contributed by atoms with Gasteiger partial charge in [0.1, 0.15) is 17.8 Å². The summed E-state index contributed by atoms with van der Waals surface area (Å²) in [6, 6.07) is 10.4. The Morgan fingerprint density at radius 3 is 2.14 bits per heavy atom. The lowest BCUT2D eigenvalue weighted by atomic mass is 9.97. The lowest BCUT2D eigenvalue weighted by Gasteiger charge is -2.30. The molecule has 1 aliphatic rings. The van der Waals surface area contributed by atoms with Gasteiger partial charge in [0.25, 0.3) is 0 Å². The van der Waals surface area contributed by atoms with Crippen molar-refractivity contribution in [2.75, 3.05) is 18.0 Å². The Morgan fingerprint density at radius 2 is 1.60 bits per heavy atom. The Bertz CT molecular complexity index is 1350. The predicted octanol–water partition coefficient (Wildman–Crippen LogP) is 3.02. The van der Waals surface area contributed by atoms with E-state index in [-0.39, 0.29) is 46.1 Å². The quantitative estimate of drug-likeness (QED) is 0.360. The average Bonchev–Trinajstić information content (AvgIpc) is 2.84. The van der Waals surface area contributed by atoms with Crippen molar-refractivity contribution in [2.24, 2.45) is 5.92 Å². The van der Waals surface area contributed by atoms with Gasteiger partial charge in [-0.25, -0.2) is 13.4 Å². The van der Waals surface area contributed by atoms with Crippen molar-refractivity contribution in [3.8, 4) is 17.4 Å². The van der Waals surface area contributed by atoms with Crippen molar-refractivity contribution in [1.82, 2.24) is 9.97 Å². The largest absolute Gasteiger partial charge is 0.508 e. The van der Waals surface area contributed by atoms with Crippen LogP contribution in [0, 0.1) is 16.0 Å². The maximum Gasteiger partial charge on any atom is 0.373 e. The number of benzene rings is 2. The van der Waals surface area contributed by atoms with Crippen molar-refractivity contribution in [2.45, 2.75) is 22.6 Å². The Hall–Kier alpha value is -4.26. The van der Waals surface area contributed by atoms with Crippen LogP contribution < -0.4 is 9.64 Å². The van der Waals surface area contributed by atoms with Gasteiger partial charge in [0, 0.05) is 13.1 Å². The van der Waals surface area contributed by atoms with Crippen LogP contribution in [0.15, 0.2) is 64.6 Å². The average molecular weight is 500 g/mol. The number of sulfone groups is 1. The summed E-state index contributed by atoms with van der Waals surface area (Å²) in [6.45, 7) is 0.552. The minimum absolute atomic E-state index is 0.00767. The van der Waals surface area contributed by atoms with Crippen LogP contribution in [0.25, 0.3) is 0 Å². The van der Waals surface area contributed by atoms with Crippen LogP contribution in [-0.4, -0.2) is 52.6 Å². The highest BCUT2D eigenvalue weighted by molar-refractivity contribution is 7.91. The third-order valence-corrected chi connectivity index (χ3v) is 7.38. The molecule has 1 aromatic heterocycles. The summed E-state index contributed by atoms with van der Waals surface area (Å²) in [5.74, 6) is -1.66. The van der Waals surface area contributed by atoms with Gasteiger partial charge in [0.15, 0.2) is 0 Å². The highest BCUT2D eigenvalue weighted by atomic mass is 32.2. The van der Waals surface area contributed by atoms with Gasteiger partial charge in [0.2, 0.25) is 15.7 Å². The zero-order chi connectivity index (χ0) is 25.2. The number of carboxylic acids is 1. The van der Waals surface area contributed by atoms with E-state index < -0.39 is 32.3 Å². The Labute approximate surface area is 199 Å². The summed E-state index contributed by atoms with van der Waals surface area (Å²) in [5.41, 5.74) is -0.470. The number of aromatic hydroxyl groups is 1. The molecule has 3 aromatic rings. The van der Waals surface area contributed by atoms with Gasteiger partial charge >= 0.3 is 17.5 Å². The summed E-state index contributed by atoms with van der Waals surface area (Å²) in [5, 5.41) is 30.4. The van der Waals surface area contributed by atoms with Gasteiger partial charge < -0.3 is 19.8 Å². The Kier molecular flexibility index (Phi) is 6.51. The standard InChI is InChI=1S/C22H20N4O8S/c27-15-1-5-17(6-2-15)35(32,33)18-7-3-16(4-8-18)34-21-19(26(30)31)20(23-13-24-21)25-11-9-14(10-12-25)22(28)29/h1-8,13-14,27H,9-12H2,(H,28,29). The lowest BCUT2D eigenvalue weighted by molar-refractivity contribution is -0.385. The summed E-state index contributed by atoms with van der Waals surface area (Å²) in [4.78, 5) is 31.9. The molecule has 0 unspecified atom stereocenters. The number of phenolic OH excluding ortho intramolecular Hbond substituents is 1. The van der Waals surface area contributed by atoms with Gasteiger partial charge in [-0.3, -0.25) is 14.9 Å². The van der Waals surface area contributed by atoms with Crippen molar-refractivity contribution in [1.29, 1.82) is 0 Å². The first-order valence-corrected chi connectivity index (χ1v) is 11.9. The summed E-state index contributed by atoms with van der Waals surface area (Å²) in [6.07, 6.45) is 1.76. The molecule has 0 amide bonds. The first-order chi connectivity index (χ1) is 16.7. The molecule has 0 bridgehead atoms.